The summed E-state index contributed by atoms with van der Waals surface area (Å²) in [6, 6.07) is 66.8. The summed E-state index contributed by atoms with van der Waals surface area (Å²) in [5.74, 6) is 1.68. The molecular weight excluding hydrogens is 583 g/mol. The van der Waals surface area contributed by atoms with E-state index in [2.05, 4.69) is 193 Å². The van der Waals surface area contributed by atoms with Crippen LogP contribution >= 0.6 is 0 Å². The minimum absolute atomic E-state index is 0.831. The van der Waals surface area contributed by atoms with Gasteiger partial charge < -0.3 is 9.64 Å². The van der Waals surface area contributed by atoms with Crippen LogP contribution in [-0.2, 0) is 0 Å². The minimum atomic E-state index is 0.831. The normalized spacial score (nSPS) is 11.5. The van der Waals surface area contributed by atoms with Crippen LogP contribution < -0.4 is 9.64 Å². The Morgan fingerprint density at radius 2 is 0.938 bits per heavy atom. The Hall–Kier alpha value is -6.38. The average Bonchev–Trinajstić information content (AvgIpc) is 3.30. The molecule has 0 aromatic heterocycles. The number of ether oxygens (including phenoxy) is 1. The second-order valence-corrected chi connectivity index (χ2v) is 12.2. The third kappa shape index (κ3) is 4.92. The Balaban J connectivity index is 1.25. The van der Waals surface area contributed by atoms with Crippen molar-refractivity contribution in [1.29, 1.82) is 0 Å². The lowest BCUT2D eigenvalue weighted by atomic mass is 9.91. The van der Waals surface area contributed by atoms with Gasteiger partial charge in [0.15, 0.2) is 0 Å². The van der Waals surface area contributed by atoms with Crippen molar-refractivity contribution in [3.05, 3.63) is 188 Å². The summed E-state index contributed by atoms with van der Waals surface area (Å²) in [4.78, 5) is 2.37. The van der Waals surface area contributed by atoms with Crippen molar-refractivity contribution < 1.29 is 4.74 Å². The average molecular weight is 614 g/mol. The molecular formula is C46H31NO. The molecule has 8 aromatic carbocycles. The van der Waals surface area contributed by atoms with Crippen molar-refractivity contribution in [2.24, 2.45) is 0 Å². The van der Waals surface area contributed by atoms with E-state index in [9.17, 15) is 0 Å². The van der Waals surface area contributed by atoms with E-state index in [1.165, 1.54) is 27.5 Å². The fourth-order valence-corrected chi connectivity index (χ4v) is 6.93. The summed E-state index contributed by atoms with van der Waals surface area (Å²) in [6.07, 6.45) is 0. The van der Waals surface area contributed by atoms with Gasteiger partial charge >= 0.3 is 0 Å². The van der Waals surface area contributed by atoms with Gasteiger partial charge in [-0.2, -0.15) is 0 Å². The third-order valence-corrected chi connectivity index (χ3v) is 9.26. The number of fused-ring (bicyclic) bond motifs is 6. The van der Waals surface area contributed by atoms with Crippen molar-refractivity contribution in [1.82, 2.24) is 0 Å². The van der Waals surface area contributed by atoms with Gasteiger partial charge in [-0.1, -0.05) is 140 Å². The lowest BCUT2D eigenvalue weighted by molar-refractivity contribution is 0.488. The first-order chi connectivity index (χ1) is 23.8. The molecule has 2 heteroatoms. The zero-order chi connectivity index (χ0) is 31.9. The maximum absolute atomic E-state index is 6.86. The lowest BCUT2D eigenvalue weighted by Gasteiger charge is -2.29. The molecule has 0 amide bonds. The second-order valence-electron chi connectivity index (χ2n) is 12.2. The molecule has 0 aliphatic carbocycles. The predicted octanol–water partition coefficient (Wildman–Crippen LogP) is 13.1. The van der Waals surface area contributed by atoms with Crippen LogP contribution in [0.4, 0.5) is 17.1 Å². The molecule has 2 nitrogen and oxygen atoms in total. The zero-order valence-electron chi connectivity index (χ0n) is 26.3. The van der Waals surface area contributed by atoms with E-state index < -0.39 is 0 Å². The van der Waals surface area contributed by atoms with E-state index in [0.717, 1.165) is 56.4 Å². The van der Waals surface area contributed by atoms with Gasteiger partial charge in [0.25, 0.3) is 0 Å². The molecule has 1 heterocycles. The summed E-state index contributed by atoms with van der Waals surface area (Å²) < 4.78 is 6.86. The molecule has 9 rings (SSSR count). The van der Waals surface area contributed by atoms with Gasteiger partial charge in [0.05, 0.1) is 5.69 Å². The van der Waals surface area contributed by atoms with Gasteiger partial charge in [-0.25, -0.2) is 0 Å². The quantitative estimate of drug-likeness (QED) is 0.191. The second kappa shape index (κ2) is 11.8. The summed E-state index contributed by atoms with van der Waals surface area (Å²) in [6.45, 7) is 0. The smallest absolute Gasteiger partial charge is 0.137 e. The van der Waals surface area contributed by atoms with Crippen LogP contribution in [0, 0.1) is 0 Å². The summed E-state index contributed by atoms with van der Waals surface area (Å²) in [7, 11) is 0. The maximum atomic E-state index is 6.86. The molecule has 0 saturated heterocycles. The first kappa shape index (κ1) is 27.9. The fraction of sp³-hybridized carbons (Fsp3) is 0. The van der Waals surface area contributed by atoms with Crippen molar-refractivity contribution in [2.45, 2.75) is 0 Å². The summed E-state index contributed by atoms with van der Waals surface area (Å²) >= 11 is 0. The van der Waals surface area contributed by atoms with Crippen LogP contribution in [0.5, 0.6) is 11.5 Å². The first-order valence-corrected chi connectivity index (χ1v) is 16.3. The van der Waals surface area contributed by atoms with Gasteiger partial charge in [-0.05, 0) is 92.7 Å². The highest BCUT2D eigenvalue weighted by atomic mass is 16.5. The number of benzene rings is 8. The molecule has 0 saturated carbocycles. The first-order valence-electron chi connectivity index (χ1n) is 16.3. The number of nitrogens with zero attached hydrogens (tertiary/aromatic N) is 1. The molecule has 0 spiro atoms. The lowest BCUT2D eigenvalue weighted by Crippen LogP contribution is -2.11. The molecule has 8 aromatic rings. The molecule has 48 heavy (non-hydrogen) atoms. The van der Waals surface area contributed by atoms with Crippen LogP contribution in [0.1, 0.15) is 0 Å². The predicted molar refractivity (Wildman–Crippen MR) is 200 cm³/mol. The topological polar surface area (TPSA) is 12.5 Å². The standard InChI is InChI=1S/C46H31NO/c1-3-12-32(13-4-1)35-22-26-38(27-23-35)47(39-28-24-34-16-7-8-17-36(34)30-39)43-20-11-21-45-46(43)41-19-10-9-18-40(41)42-31-37(25-29-44(42)48-45)33-14-5-2-6-15-33/h1-31H. The van der Waals surface area contributed by atoms with Crippen LogP contribution in [0.25, 0.3) is 55.3 Å². The maximum Gasteiger partial charge on any atom is 0.137 e. The van der Waals surface area contributed by atoms with Crippen LogP contribution in [0.15, 0.2) is 188 Å². The van der Waals surface area contributed by atoms with Gasteiger partial charge in [0.2, 0.25) is 0 Å². The number of hydrogen-bond donors (Lipinski definition) is 0. The Morgan fingerprint density at radius 1 is 0.333 bits per heavy atom. The highest BCUT2D eigenvalue weighted by Crippen LogP contribution is 2.53. The Morgan fingerprint density at radius 3 is 1.71 bits per heavy atom. The Bertz CT molecular complexity index is 2410. The van der Waals surface area contributed by atoms with Crippen molar-refractivity contribution >= 4 is 27.8 Å². The molecule has 1 aliphatic heterocycles. The minimum Gasteiger partial charge on any atom is -0.456 e. The van der Waals surface area contributed by atoms with E-state index in [1.54, 1.807) is 0 Å². The summed E-state index contributed by atoms with van der Waals surface area (Å²) in [5, 5.41) is 2.41. The van der Waals surface area contributed by atoms with Gasteiger partial charge in [0, 0.05) is 22.5 Å². The van der Waals surface area contributed by atoms with E-state index >= 15 is 0 Å². The SMILES string of the molecule is c1ccc(-c2ccc(N(c3ccc4ccccc4c3)c3cccc4c3-c3ccccc3-c3cc(-c5ccccc5)ccc3O4)cc2)cc1. The molecule has 0 atom stereocenters. The molecule has 0 unspecified atom stereocenters. The molecule has 0 radical (unpaired) electrons. The van der Waals surface area contributed by atoms with Crippen LogP contribution in [0.2, 0.25) is 0 Å². The Labute approximate surface area is 280 Å². The van der Waals surface area contributed by atoms with Crippen molar-refractivity contribution in [3.63, 3.8) is 0 Å². The molecule has 0 fully saturated rings. The van der Waals surface area contributed by atoms with E-state index in [-0.39, 0.29) is 0 Å². The zero-order valence-corrected chi connectivity index (χ0v) is 26.3. The monoisotopic (exact) mass is 613 g/mol. The van der Waals surface area contributed by atoms with E-state index in [1.807, 2.05) is 0 Å². The van der Waals surface area contributed by atoms with Crippen molar-refractivity contribution in [2.75, 3.05) is 4.90 Å². The van der Waals surface area contributed by atoms with E-state index in [4.69, 9.17) is 4.74 Å². The number of hydrogen-bond acceptors (Lipinski definition) is 2. The van der Waals surface area contributed by atoms with E-state index in [0.29, 0.717) is 0 Å². The summed E-state index contributed by atoms with van der Waals surface area (Å²) in [5.41, 5.74) is 12.4. The fourth-order valence-electron chi connectivity index (χ4n) is 6.93. The molecule has 1 aliphatic rings. The third-order valence-electron chi connectivity index (χ3n) is 9.26. The van der Waals surface area contributed by atoms with Crippen molar-refractivity contribution in [3.8, 4) is 56.0 Å². The Kier molecular flexibility index (Phi) is 6.84. The number of rotatable bonds is 5. The number of anilines is 3. The molecule has 226 valence electrons. The molecule has 0 N–H and O–H groups in total. The van der Waals surface area contributed by atoms with Crippen LogP contribution in [-0.4, -0.2) is 0 Å². The van der Waals surface area contributed by atoms with Crippen LogP contribution in [0.3, 0.4) is 0 Å². The molecule has 0 bridgehead atoms. The highest BCUT2D eigenvalue weighted by Gasteiger charge is 2.27. The largest absolute Gasteiger partial charge is 0.456 e. The highest BCUT2D eigenvalue weighted by molar-refractivity contribution is 6.00. The van der Waals surface area contributed by atoms with Gasteiger partial charge in [0.1, 0.15) is 11.5 Å². The van der Waals surface area contributed by atoms with Gasteiger partial charge in [-0.15, -0.1) is 0 Å². The van der Waals surface area contributed by atoms with Gasteiger partial charge in [-0.3, -0.25) is 0 Å².